The number of allylic oxidation sites excluding steroid dienone is 1. The molecule has 7 atom stereocenters. The summed E-state index contributed by atoms with van der Waals surface area (Å²) in [7, 11) is 0. The Bertz CT molecular complexity index is 1550. The number of aryl methyl sites for hydroxylation is 1. The molecule has 2 aromatic carbocycles. The Labute approximate surface area is 273 Å². The maximum absolute atomic E-state index is 15.0. The molecule has 46 heavy (non-hydrogen) atoms. The maximum Gasteiger partial charge on any atom is 0.313 e. The number of hydrogen-bond acceptors (Lipinski definition) is 7. The Hall–Kier alpha value is -3.99. The second-order valence-electron chi connectivity index (χ2n) is 12.2. The summed E-state index contributed by atoms with van der Waals surface area (Å²) in [6.45, 7) is 3.45. The van der Waals surface area contributed by atoms with E-state index in [1.54, 1.807) is 30.4 Å². The summed E-state index contributed by atoms with van der Waals surface area (Å²) in [5, 5.41) is 13.7. The molecule has 242 valence electrons. The molecule has 4 aliphatic rings. The van der Waals surface area contributed by atoms with Gasteiger partial charge in [-0.3, -0.25) is 19.2 Å². The number of hydrogen-bond donors (Lipinski definition) is 2. The van der Waals surface area contributed by atoms with Crippen LogP contribution in [0.1, 0.15) is 43.4 Å². The van der Waals surface area contributed by atoms with Gasteiger partial charge in [0.1, 0.15) is 23.7 Å². The number of aliphatic hydroxyl groups excluding tert-OH is 1. The van der Waals surface area contributed by atoms with Gasteiger partial charge in [0.2, 0.25) is 11.8 Å². The molecule has 4 aliphatic heterocycles. The molecule has 5 bridgehead atoms. The quantitative estimate of drug-likeness (QED) is 0.375. The minimum absolute atomic E-state index is 0.0470. The molecule has 0 radical (unpaired) electrons. The second kappa shape index (κ2) is 13.0. The van der Waals surface area contributed by atoms with Crippen molar-refractivity contribution in [2.45, 2.75) is 63.0 Å². The van der Waals surface area contributed by atoms with Crippen LogP contribution in [0.15, 0.2) is 72.8 Å². The summed E-state index contributed by atoms with van der Waals surface area (Å²) in [4.78, 5) is 59.2. The third-order valence-corrected chi connectivity index (χ3v) is 9.83. The molecule has 1 spiro atoms. The van der Waals surface area contributed by atoms with Gasteiger partial charge in [-0.05, 0) is 37.0 Å². The highest BCUT2D eigenvalue weighted by molar-refractivity contribution is 6.34. The monoisotopic (exact) mass is 647 g/mol. The van der Waals surface area contributed by atoms with Gasteiger partial charge >= 0.3 is 5.97 Å². The van der Waals surface area contributed by atoms with Crippen LogP contribution in [0.4, 0.5) is 5.69 Å². The first-order valence-electron chi connectivity index (χ1n) is 15.8. The van der Waals surface area contributed by atoms with Crippen molar-refractivity contribution in [3.63, 3.8) is 0 Å². The van der Waals surface area contributed by atoms with Crippen LogP contribution in [0.2, 0.25) is 5.02 Å². The van der Waals surface area contributed by atoms with Crippen molar-refractivity contribution in [3.8, 4) is 0 Å². The standard InChI is InChI=1S/C35H38ClN3O7/c1-3-23(20-40)39-31-33(43)38(30-21(2)11-10-14-24(30)36)18-9-5-8-15-27(41)37-19-26(22-12-6-4-7-13-22)45-34(44)28-25-16-17-35(31,46-25)29(28)32(39)42/h4-7,9-14,16-17,23,25-26,28-29,31,40H,3,8,15,18-20H2,1-2H3,(H,37,41)/b9-5-/t23-,25-,26-,28+,29+,31-,35+/m0/s1. The van der Waals surface area contributed by atoms with Crippen molar-refractivity contribution in [3.05, 3.63) is 89.0 Å². The number of para-hydroxylation sites is 1. The van der Waals surface area contributed by atoms with Gasteiger partial charge in [-0.1, -0.05) is 85.3 Å². The number of ether oxygens (including phenoxy) is 2. The zero-order valence-electron chi connectivity index (χ0n) is 25.8. The molecule has 3 amide bonds. The lowest BCUT2D eigenvalue weighted by atomic mass is 9.74. The van der Waals surface area contributed by atoms with Gasteiger partial charge in [-0.2, -0.15) is 0 Å². The summed E-state index contributed by atoms with van der Waals surface area (Å²) >= 11 is 6.70. The number of nitrogens with zero attached hydrogens (tertiary/aromatic N) is 2. The largest absolute Gasteiger partial charge is 0.455 e. The molecule has 0 unspecified atom stereocenters. The topological polar surface area (TPSA) is 125 Å². The third-order valence-electron chi connectivity index (χ3n) is 9.52. The fraction of sp³-hybridized carbons (Fsp3) is 0.429. The summed E-state index contributed by atoms with van der Waals surface area (Å²) in [6, 6.07) is 12.5. The number of nitrogens with one attached hydrogen (secondary N) is 1. The SMILES string of the molecule is CC[C@@H](CO)N1C(=O)[C@H]2[C@@H]3C(=O)O[C@H](c4ccccc4)CNC(=O)CC/C=C\CN(c4c(C)cccc4Cl)C(=O)[C@H]1[C@@]21C=C[C@@H]3O1. The smallest absolute Gasteiger partial charge is 0.313 e. The lowest BCUT2D eigenvalue weighted by Gasteiger charge is -2.39. The van der Waals surface area contributed by atoms with E-state index in [-0.39, 0.29) is 32.0 Å². The van der Waals surface area contributed by atoms with Crippen molar-refractivity contribution >= 4 is 41.0 Å². The number of likely N-dealkylation sites (tertiary alicyclic amines) is 1. The zero-order chi connectivity index (χ0) is 32.6. The van der Waals surface area contributed by atoms with Gasteiger partial charge in [-0.25, -0.2) is 0 Å². The number of anilines is 1. The van der Waals surface area contributed by atoms with E-state index in [1.165, 1.54) is 9.80 Å². The molecular weight excluding hydrogens is 610 g/mol. The molecule has 0 aromatic heterocycles. The normalized spacial score (nSPS) is 31.1. The molecule has 11 heteroatoms. The van der Waals surface area contributed by atoms with E-state index >= 15 is 0 Å². The molecule has 2 saturated heterocycles. The molecule has 4 heterocycles. The van der Waals surface area contributed by atoms with E-state index in [9.17, 15) is 24.3 Å². The number of aliphatic hydroxyl groups is 1. The van der Waals surface area contributed by atoms with Gasteiger partial charge in [0.25, 0.3) is 5.91 Å². The van der Waals surface area contributed by atoms with E-state index in [0.29, 0.717) is 29.1 Å². The lowest BCUT2D eigenvalue weighted by molar-refractivity contribution is -0.160. The first-order valence-corrected chi connectivity index (χ1v) is 16.1. The molecule has 0 saturated carbocycles. The van der Waals surface area contributed by atoms with Gasteiger partial charge < -0.3 is 29.7 Å². The van der Waals surface area contributed by atoms with Crippen LogP contribution in [0, 0.1) is 18.8 Å². The van der Waals surface area contributed by atoms with Crippen molar-refractivity contribution in [2.75, 3.05) is 24.6 Å². The predicted molar refractivity (Wildman–Crippen MR) is 171 cm³/mol. The molecular formula is C35H38ClN3O7. The minimum Gasteiger partial charge on any atom is -0.455 e. The average molecular weight is 648 g/mol. The first kappa shape index (κ1) is 32.0. The highest BCUT2D eigenvalue weighted by atomic mass is 35.5. The molecule has 10 nitrogen and oxygen atoms in total. The average Bonchev–Trinajstić information content (AvgIpc) is 3.70. The fourth-order valence-corrected chi connectivity index (χ4v) is 7.61. The summed E-state index contributed by atoms with van der Waals surface area (Å²) in [6.07, 6.45) is 6.44. The van der Waals surface area contributed by atoms with Crippen LogP contribution in [0.5, 0.6) is 0 Å². The van der Waals surface area contributed by atoms with E-state index < -0.39 is 59.5 Å². The highest BCUT2D eigenvalue weighted by Gasteiger charge is 2.74. The molecule has 2 fully saturated rings. The Balaban J connectivity index is 1.47. The maximum atomic E-state index is 15.0. The van der Waals surface area contributed by atoms with Crippen LogP contribution in [-0.4, -0.2) is 77.2 Å². The van der Waals surface area contributed by atoms with Crippen LogP contribution >= 0.6 is 11.6 Å². The Morgan fingerprint density at radius 1 is 1.07 bits per heavy atom. The van der Waals surface area contributed by atoms with Crippen molar-refractivity contribution in [2.24, 2.45) is 11.8 Å². The Morgan fingerprint density at radius 2 is 1.85 bits per heavy atom. The second-order valence-corrected chi connectivity index (χ2v) is 12.6. The molecule has 2 aromatic rings. The number of halogens is 1. The van der Waals surface area contributed by atoms with Crippen LogP contribution < -0.4 is 10.2 Å². The number of fused-ring (bicyclic) bond motifs is 2. The van der Waals surface area contributed by atoms with Gasteiger partial charge in [0.15, 0.2) is 0 Å². The molecule has 0 aliphatic carbocycles. The number of benzene rings is 2. The van der Waals surface area contributed by atoms with Crippen molar-refractivity contribution in [1.29, 1.82) is 0 Å². The number of carbonyl (C=O) groups is 4. The van der Waals surface area contributed by atoms with Crippen molar-refractivity contribution < 1.29 is 33.8 Å². The number of cyclic esters (lactones) is 1. The minimum atomic E-state index is -1.47. The van der Waals surface area contributed by atoms with Crippen LogP contribution in [-0.2, 0) is 28.7 Å². The van der Waals surface area contributed by atoms with Gasteiger partial charge in [0, 0.05) is 13.0 Å². The number of carbonyl (C=O) groups excluding carboxylic acids is 4. The van der Waals surface area contributed by atoms with Gasteiger partial charge in [-0.15, -0.1) is 0 Å². The Morgan fingerprint density at radius 3 is 2.57 bits per heavy atom. The van der Waals surface area contributed by atoms with Crippen molar-refractivity contribution in [1.82, 2.24) is 10.2 Å². The third kappa shape index (κ3) is 5.42. The van der Waals surface area contributed by atoms with Crippen LogP contribution in [0.25, 0.3) is 0 Å². The lowest BCUT2D eigenvalue weighted by Crippen LogP contribution is -2.58. The molecule has 2 N–H and O–H groups in total. The number of amides is 3. The van der Waals surface area contributed by atoms with Gasteiger partial charge in [0.05, 0.1) is 41.9 Å². The van der Waals surface area contributed by atoms with E-state index in [4.69, 9.17) is 21.1 Å². The number of rotatable bonds is 5. The number of esters is 1. The predicted octanol–water partition coefficient (Wildman–Crippen LogP) is 3.65. The molecule has 6 rings (SSSR count). The fourth-order valence-electron chi connectivity index (χ4n) is 7.29. The highest BCUT2D eigenvalue weighted by Crippen LogP contribution is 2.56. The van der Waals surface area contributed by atoms with E-state index in [0.717, 1.165) is 5.56 Å². The van der Waals surface area contributed by atoms with E-state index in [1.807, 2.05) is 56.3 Å². The summed E-state index contributed by atoms with van der Waals surface area (Å²) in [5.74, 6) is -3.88. The first-order chi connectivity index (χ1) is 22.2. The van der Waals surface area contributed by atoms with E-state index in [2.05, 4.69) is 5.32 Å². The van der Waals surface area contributed by atoms with Crippen LogP contribution in [0.3, 0.4) is 0 Å². The summed E-state index contributed by atoms with van der Waals surface area (Å²) in [5.41, 5.74) is 0.455. The summed E-state index contributed by atoms with van der Waals surface area (Å²) < 4.78 is 12.6. The zero-order valence-corrected chi connectivity index (χ0v) is 26.6. The Kier molecular flexibility index (Phi) is 9.05.